The van der Waals surface area contributed by atoms with Crippen LogP contribution in [-0.2, 0) is 17.9 Å². The highest BCUT2D eigenvalue weighted by atomic mass is 16.6. The largest absolute Gasteiger partial charge is 0.506 e. The van der Waals surface area contributed by atoms with Crippen molar-refractivity contribution < 1.29 is 29.3 Å². The third kappa shape index (κ3) is 9.47. The first-order valence-electron chi connectivity index (χ1n) is 19.7. The number of hydrogen-bond acceptors (Lipinski definition) is 10. The predicted octanol–water partition coefficient (Wildman–Crippen LogP) is 4.72. The minimum absolute atomic E-state index is 0.0605. The molecule has 300 valence electrons. The molecular weight excluding hydrogens is 727 g/mol. The SMILES string of the molecule is CCn1nc(COc2cccc(C(NC(=O)O[C@H]3CN4CCC3CC4)c3ccccc3)c2)cc1C(=O)N(C)CCCNC[C@@H](O)c1ccc(O)c2[nH]c(=O)ccc12. The van der Waals surface area contributed by atoms with Crippen molar-refractivity contribution >= 4 is 22.9 Å². The first-order chi connectivity index (χ1) is 27.7. The third-order valence-corrected chi connectivity index (χ3v) is 11.0. The van der Waals surface area contributed by atoms with Crippen molar-refractivity contribution in [2.45, 2.75) is 57.6 Å². The van der Waals surface area contributed by atoms with E-state index in [1.165, 1.54) is 12.1 Å². The predicted molar refractivity (Wildman–Crippen MR) is 215 cm³/mol. The lowest BCUT2D eigenvalue weighted by molar-refractivity contribution is -0.0336. The molecule has 14 heteroatoms. The van der Waals surface area contributed by atoms with Gasteiger partial charge in [-0.05, 0) is 98.8 Å². The van der Waals surface area contributed by atoms with Gasteiger partial charge in [-0.15, -0.1) is 0 Å². The van der Waals surface area contributed by atoms with E-state index in [1.807, 2.05) is 61.5 Å². The smallest absolute Gasteiger partial charge is 0.408 e. The van der Waals surface area contributed by atoms with E-state index in [1.54, 1.807) is 34.8 Å². The lowest BCUT2D eigenvalue weighted by Gasteiger charge is -2.43. The highest BCUT2D eigenvalue weighted by Gasteiger charge is 2.37. The van der Waals surface area contributed by atoms with Crippen LogP contribution >= 0.6 is 0 Å². The van der Waals surface area contributed by atoms with Crippen LogP contribution in [0.4, 0.5) is 4.79 Å². The number of carbonyl (C=O) groups excluding carboxylic acids is 2. The number of phenolic OH excluding ortho intramolecular Hbond substituents is 1. The molecule has 3 aliphatic rings. The third-order valence-electron chi connectivity index (χ3n) is 11.0. The molecule has 0 saturated carbocycles. The van der Waals surface area contributed by atoms with Crippen molar-refractivity contribution in [2.75, 3.05) is 46.3 Å². The molecule has 3 atom stereocenters. The minimum atomic E-state index is -0.870. The van der Waals surface area contributed by atoms with Crippen molar-refractivity contribution in [3.05, 3.63) is 123 Å². The van der Waals surface area contributed by atoms with Crippen molar-refractivity contribution in [1.29, 1.82) is 0 Å². The molecule has 8 rings (SSSR count). The van der Waals surface area contributed by atoms with Crippen LogP contribution in [0.3, 0.4) is 0 Å². The van der Waals surface area contributed by atoms with Crippen LogP contribution in [-0.4, -0.2) is 99.2 Å². The minimum Gasteiger partial charge on any atom is -0.506 e. The summed E-state index contributed by atoms with van der Waals surface area (Å²) in [5.74, 6) is 0.785. The van der Waals surface area contributed by atoms with Crippen molar-refractivity contribution in [3.63, 3.8) is 0 Å². The molecule has 57 heavy (non-hydrogen) atoms. The Morgan fingerprint density at radius 2 is 1.81 bits per heavy atom. The van der Waals surface area contributed by atoms with Crippen LogP contribution in [0.5, 0.6) is 11.5 Å². The Morgan fingerprint density at radius 1 is 1.02 bits per heavy atom. The maximum absolute atomic E-state index is 13.5. The normalized spacial score (nSPS) is 18.5. The standard InChI is InChI=1S/C43H51N7O7/c1-3-50-35(42(54)48(2)20-8-19-44-25-37(52)33-13-15-36(51)41-34(33)14-16-39(53)45-41)24-31(47-50)27-56-32-12-7-11-30(23-32)40(29-9-5-4-6-10-29)46-43(55)57-38-26-49-21-17-28(38)18-22-49/h4-7,9-16,23-24,28,37-38,40,44,51-52H,3,8,17-22,25-27H2,1-2H3,(H,45,53)(H,46,55)/t37-,38+,40?/m1/s1. The van der Waals surface area contributed by atoms with Gasteiger partial charge >= 0.3 is 6.09 Å². The summed E-state index contributed by atoms with van der Waals surface area (Å²) in [5.41, 5.74) is 3.37. The number of aromatic hydroxyl groups is 1. The van der Waals surface area contributed by atoms with Gasteiger partial charge in [-0.1, -0.05) is 48.5 Å². The number of H-pyrrole nitrogens is 1. The lowest BCUT2D eigenvalue weighted by Crippen LogP contribution is -2.52. The number of aryl methyl sites for hydroxylation is 1. The second-order valence-electron chi connectivity index (χ2n) is 14.9. The van der Waals surface area contributed by atoms with E-state index >= 15 is 0 Å². The molecule has 0 radical (unpaired) electrons. The molecule has 0 spiro atoms. The molecule has 2 bridgehead atoms. The van der Waals surface area contributed by atoms with E-state index in [9.17, 15) is 24.6 Å². The second-order valence-corrected chi connectivity index (χ2v) is 14.9. The number of piperidine rings is 3. The number of aliphatic hydroxyl groups is 1. The van der Waals surface area contributed by atoms with E-state index in [0.717, 1.165) is 43.6 Å². The van der Waals surface area contributed by atoms with Gasteiger partial charge in [0.1, 0.15) is 35.6 Å². The van der Waals surface area contributed by atoms with Crippen LogP contribution in [0.2, 0.25) is 0 Å². The Kier molecular flexibility index (Phi) is 12.5. The van der Waals surface area contributed by atoms with Gasteiger partial charge in [-0.2, -0.15) is 5.10 Å². The van der Waals surface area contributed by atoms with E-state index < -0.39 is 18.2 Å². The molecule has 3 fully saturated rings. The highest BCUT2D eigenvalue weighted by molar-refractivity contribution is 5.92. The maximum atomic E-state index is 13.5. The molecule has 3 aliphatic heterocycles. The molecule has 5 aromatic rings. The summed E-state index contributed by atoms with van der Waals surface area (Å²) in [6.07, 6.45) is 1.35. The Bertz CT molecular complexity index is 2220. The van der Waals surface area contributed by atoms with Gasteiger partial charge in [0.05, 0.1) is 17.7 Å². The van der Waals surface area contributed by atoms with Gasteiger partial charge in [0.25, 0.3) is 5.91 Å². The van der Waals surface area contributed by atoms with E-state index in [4.69, 9.17) is 9.47 Å². The quantitative estimate of drug-likeness (QED) is 0.0883. The van der Waals surface area contributed by atoms with E-state index in [0.29, 0.717) is 60.1 Å². The number of amides is 2. The van der Waals surface area contributed by atoms with Gasteiger partial charge in [0.2, 0.25) is 5.56 Å². The van der Waals surface area contributed by atoms with E-state index in [2.05, 4.69) is 25.6 Å². The van der Waals surface area contributed by atoms with E-state index in [-0.39, 0.29) is 42.0 Å². The number of aromatic amines is 1. The fraction of sp³-hybridized carbons (Fsp3) is 0.395. The topological polar surface area (TPSA) is 174 Å². The Balaban J connectivity index is 0.921. The number of ether oxygens (including phenoxy) is 2. The fourth-order valence-corrected chi connectivity index (χ4v) is 7.87. The highest BCUT2D eigenvalue weighted by Crippen LogP contribution is 2.31. The molecular formula is C43H51N7O7. The number of phenols is 1. The Hall–Kier alpha value is -5.70. The van der Waals surface area contributed by atoms with Crippen LogP contribution in [0.25, 0.3) is 10.9 Å². The number of carbonyl (C=O) groups is 2. The number of rotatable bonds is 16. The summed E-state index contributed by atoms with van der Waals surface area (Å²) in [4.78, 5) is 45.1. The summed E-state index contributed by atoms with van der Waals surface area (Å²) >= 11 is 0. The summed E-state index contributed by atoms with van der Waals surface area (Å²) in [6, 6.07) is 24.8. The number of pyridine rings is 1. The summed E-state index contributed by atoms with van der Waals surface area (Å²) in [6.45, 7) is 6.78. The number of nitrogens with one attached hydrogen (secondary N) is 3. The Labute approximate surface area is 331 Å². The maximum Gasteiger partial charge on any atom is 0.408 e. The number of fused-ring (bicyclic) bond motifs is 4. The average molecular weight is 778 g/mol. The Morgan fingerprint density at radius 3 is 2.56 bits per heavy atom. The summed E-state index contributed by atoms with van der Waals surface area (Å²) in [7, 11) is 1.75. The van der Waals surface area contributed by atoms with Crippen LogP contribution in [0.1, 0.15) is 71.2 Å². The van der Waals surface area contributed by atoms with Crippen LogP contribution in [0, 0.1) is 5.92 Å². The van der Waals surface area contributed by atoms with Crippen molar-refractivity contribution in [3.8, 4) is 11.5 Å². The fourth-order valence-electron chi connectivity index (χ4n) is 7.87. The zero-order valence-corrected chi connectivity index (χ0v) is 32.4. The van der Waals surface area contributed by atoms with Gasteiger partial charge in [-0.25, -0.2) is 4.79 Å². The zero-order chi connectivity index (χ0) is 39.9. The number of aliphatic hydroxyl groups excluding tert-OH is 1. The zero-order valence-electron chi connectivity index (χ0n) is 32.4. The van der Waals surface area contributed by atoms with Gasteiger partial charge < -0.3 is 40.2 Å². The van der Waals surface area contributed by atoms with Crippen LogP contribution in [0.15, 0.2) is 89.7 Å². The molecule has 3 saturated heterocycles. The monoisotopic (exact) mass is 777 g/mol. The molecule has 1 unspecified atom stereocenters. The number of benzene rings is 3. The lowest BCUT2D eigenvalue weighted by atomic mass is 9.86. The molecule has 2 aromatic heterocycles. The van der Waals surface area contributed by atoms with Crippen molar-refractivity contribution in [1.82, 2.24) is 35.2 Å². The molecule has 3 aromatic carbocycles. The summed E-state index contributed by atoms with van der Waals surface area (Å²) in [5, 5.41) is 32.5. The molecule has 5 heterocycles. The number of hydrogen-bond donors (Lipinski definition) is 5. The molecule has 5 N–H and O–H groups in total. The first kappa shape index (κ1) is 39.5. The van der Waals surface area contributed by atoms with Gasteiger partial charge in [-0.3, -0.25) is 19.2 Å². The molecule has 2 amide bonds. The average Bonchev–Trinajstić information content (AvgIpc) is 3.66. The number of nitrogens with zero attached hydrogens (tertiary/aromatic N) is 4. The van der Waals surface area contributed by atoms with Crippen LogP contribution < -0.4 is 20.9 Å². The number of aromatic nitrogens is 3. The van der Waals surface area contributed by atoms with Gasteiger partial charge in [0.15, 0.2) is 0 Å². The molecule has 14 nitrogen and oxygen atoms in total. The second kappa shape index (κ2) is 18.0. The first-order valence-corrected chi connectivity index (χ1v) is 19.7. The van der Waals surface area contributed by atoms with Crippen molar-refractivity contribution in [2.24, 2.45) is 5.92 Å². The molecule has 0 aliphatic carbocycles. The number of alkyl carbamates (subject to hydrolysis) is 1. The summed E-state index contributed by atoms with van der Waals surface area (Å²) < 4.78 is 13.9. The van der Waals surface area contributed by atoms with Gasteiger partial charge in [0, 0.05) is 44.7 Å².